The van der Waals surface area contributed by atoms with Crippen LogP contribution in [-0.2, 0) is 21.2 Å². The van der Waals surface area contributed by atoms with Crippen LogP contribution in [0.25, 0.3) is 6.08 Å². The van der Waals surface area contributed by atoms with Crippen molar-refractivity contribution in [2.75, 3.05) is 11.9 Å². The highest BCUT2D eigenvalue weighted by Gasteiger charge is 2.07. The number of amides is 1. The molecule has 5 nitrogen and oxygen atoms in total. The number of benzene rings is 2. The molecule has 0 aliphatic carbocycles. The van der Waals surface area contributed by atoms with Gasteiger partial charge in [0.25, 0.3) is 0 Å². The average Bonchev–Trinajstić information content (AvgIpc) is 2.63. The number of anilines is 1. The zero-order chi connectivity index (χ0) is 18.8. The molecule has 0 unspecified atom stereocenters. The molecule has 2 aromatic rings. The Bertz CT molecular complexity index is 829. The largest absolute Gasteiger partial charge is 0.326 e. The fraction of sp³-hybridized carbons (Fsp3) is 0.250. The average molecular weight is 372 g/mol. The van der Waals surface area contributed by atoms with Crippen molar-refractivity contribution in [3.8, 4) is 0 Å². The normalized spacial score (nSPS) is 11.6. The van der Waals surface area contributed by atoms with Crippen LogP contribution in [0.1, 0.15) is 30.9 Å². The molecule has 6 heteroatoms. The van der Waals surface area contributed by atoms with Crippen LogP contribution >= 0.6 is 0 Å². The molecule has 0 aliphatic rings. The van der Waals surface area contributed by atoms with E-state index >= 15 is 0 Å². The monoisotopic (exact) mass is 372 g/mol. The third kappa shape index (κ3) is 7.21. The zero-order valence-electron chi connectivity index (χ0n) is 14.8. The molecule has 0 saturated heterocycles. The Kier molecular flexibility index (Phi) is 7.56. The van der Waals surface area contributed by atoms with Gasteiger partial charge in [0.1, 0.15) is 0 Å². The van der Waals surface area contributed by atoms with Crippen LogP contribution in [0.2, 0.25) is 0 Å². The fourth-order valence-electron chi connectivity index (χ4n) is 2.35. The van der Waals surface area contributed by atoms with E-state index < -0.39 is 10.0 Å². The van der Waals surface area contributed by atoms with Crippen molar-refractivity contribution in [1.82, 2.24) is 4.72 Å². The van der Waals surface area contributed by atoms with Gasteiger partial charge >= 0.3 is 0 Å². The molecule has 0 fully saturated rings. The first kappa shape index (κ1) is 19.9. The summed E-state index contributed by atoms with van der Waals surface area (Å²) < 4.78 is 26.2. The second kappa shape index (κ2) is 9.89. The Balaban J connectivity index is 1.77. The maximum Gasteiger partial charge on any atom is 0.233 e. The predicted octanol–water partition coefficient (Wildman–Crippen LogP) is 3.56. The van der Waals surface area contributed by atoms with Crippen LogP contribution < -0.4 is 10.0 Å². The molecule has 0 heterocycles. The first-order valence-corrected chi connectivity index (χ1v) is 10.1. The first-order chi connectivity index (χ1) is 12.5. The SMILES string of the molecule is CCCc1ccc(NC(=O)CCNS(=O)(=O)/C=C/c2ccccc2)cc1. The van der Waals surface area contributed by atoms with Crippen molar-refractivity contribution < 1.29 is 13.2 Å². The summed E-state index contributed by atoms with van der Waals surface area (Å²) in [7, 11) is -3.57. The molecule has 2 N–H and O–H groups in total. The number of nitrogens with one attached hydrogen (secondary N) is 2. The number of hydrogen-bond donors (Lipinski definition) is 2. The minimum atomic E-state index is -3.57. The summed E-state index contributed by atoms with van der Waals surface area (Å²) in [4.78, 5) is 11.9. The van der Waals surface area contributed by atoms with E-state index in [-0.39, 0.29) is 18.9 Å². The predicted molar refractivity (Wildman–Crippen MR) is 106 cm³/mol. The molecule has 0 aromatic heterocycles. The molecule has 26 heavy (non-hydrogen) atoms. The highest BCUT2D eigenvalue weighted by atomic mass is 32.2. The zero-order valence-corrected chi connectivity index (χ0v) is 15.6. The summed E-state index contributed by atoms with van der Waals surface area (Å²) in [6.45, 7) is 2.16. The molecule has 0 bridgehead atoms. The Morgan fingerprint density at radius 2 is 1.73 bits per heavy atom. The van der Waals surface area contributed by atoms with Crippen molar-refractivity contribution in [3.05, 3.63) is 71.1 Å². The summed E-state index contributed by atoms with van der Waals surface area (Å²) in [5.74, 6) is -0.233. The third-order valence-electron chi connectivity index (χ3n) is 3.67. The minimum absolute atomic E-state index is 0.0429. The van der Waals surface area contributed by atoms with Gasteiger partial charge in [0.15, 0.2) is 0 Å². The van der Waals surface area contributed by atoms with E-state index in [0.29, 0.717) is 5.69 Å². The van der Waals surface area contributed by atoms with Crippen LogP contribution in [0.3, 0.4) is 0 Å². The van der Waals surface area contributed by atoms with Crippen molar-refractivity contribution >= 4 is 27.7 Å². The third-order valence-corrected chi connectivity index (χ3v) is 4.77. The van der Waals surface area contributed by atoms with E-state index in [0.717, 1.165) is 23.8 Å². The van der Waals surface area contributed by atoms with Crippen LogP contribution in [0.15, 0.2) is 60.0 Å². The highest BCUT2D eigenvalue weighted by molar-refractivity contribution is 7.92. The Labute approximate surface area is 155 Å². The lowest BCUT2D eigenvalue weighted by molar-refractivity contribution is -0.116. The molecule has 138 valence electrons. The molecule has 0 atom stereocenters. The summed E-state index contributed by atoms with van der Waals surface area (Å²) in [6.07, 6.45) is 3.66. The molecule has 0 spiro atoms. The summed E-state index contributed by atoms with van der Waals surface area (Å²) in [5, 5.41) is 3.87. The van der Waals surface area contributed by atoms with Crippen LogP contribution in [0, 0.1) is 0 Å². The molecule has 0 saturated carbocycles. The van der Waals surface area contributed by atoms with Gasteiger partial charge in [-0.2, -0.15) is 0 Å². The smallest absolute Gasteiger partial charge is 0.233 e. The Morgan fingerprint density at radius 1 is 1.04 bits per heavy atom. The molecule has 1 amide bonds. The van der Waals surface area contributed by atoms with Gasteiger partial charge in [-0.1, -0.05) is 55.8 Å². The second-order valence-corrected chi connectivity index (χ2v) is 7.55. The maximum atomic E-state index is 11.9. The molecule has 2 aromatic carbocycles. The first-order valence-electron chi connectivity index (χ1n) is 8.60. The lowest BCUT2D eigenvalue weighted by atomic mass is 10.1. The maximum absolute atomic E-state index is 11.9. The van der Waals surface area contributed by atoms with E-state index in [2.05, 4.69) is 17.0 Å². The minimum Gasteiger partial charge on any atom is -0.326 e. The van der Waals surface area contributed by atoms with E-state index in [1.165, 1.54) is 11.6 Å². The molecular weight excluding hydrogens is 348 g/mol. The van der Waals surface area contributed by atoms with E-state index in [4.69, 9.17) is 0 Å². The number of aryl methyl sites for hydroxylation is 1. The lowest BCUT2D eigenvalue weighted by Crippen LogP contribution is -2.26. The van der Waals surface area contributed by atoms with E-state index in [9.17, 15) is 13.2 Å². The van der Waals surface area contributed by atoms with E-state index in [1.807, 2.05) is 54.6 Å². The Morgan fingerprint density at radius 3 is 2.38 bits per heavy atom. The van der Waals surface area contributed by atoms with Gasteiger partial charge in [-0.3, -0.25) is 4.79 Å². The highest BCUT2D eigenvalue weighted by Crippen LogP contribution is 2.11. The van der Waals surface area contributed by atoms with Crippen LogP contribution in [0.4, 0.5) is 5.69 Å². The number of carbonyl (C=O) groups is 1. The fourth-order valence-corrected chi connectivity index (χ4v) is 3.17. The van der Waals surface area contributed by atoms with E-state index in [1.54, 1.807) is 0 Å². The summed E-state index contributed by atoms with van der Waals surface area (Å²) >= 11 is 0. The number of sulfonamides is 1. The van der Waals surface area contributed by atoms with Gasteiger partial charge in [-0.15, -0.1) is 0 Å². The van der Waals surface area contributed by atoms with Gasteiger partial charge in [-0.05, 0) is 35.8 Å². The van der Waals surface area contributed by atoms with Crippen LogP contribution in [0.5, 0.6) is 0 Å². The van der Waals surface area contributed by atoms with Gasteiger partial charge < -0.3 is 5.32 Å². The standard InChI is InChI=1S/C20H24N2O3S/c1-2-6-17-9-11-19(12-10-17)22-20(23)13-15-21-26(24,25)16-14-18-7-4-3-5-8-18/h3-5,7-12,14,16,21H,2,6,13,15H2,1H3,(H,22,23)/b16-14+. The van der Waals surface area contributed by atoms with Crippen molar-refractivity contribution in [2.24, 2.45) is 0 Å². The van der Waals surface area contributed by atoms with Gasteiger partial charge in [0.05, 0.1) is 0 Å². The van der Waals surface area contributed by atoms with Gasteiger partial charge in [0, 0.05) is 24.1 Å². The number of carbonyl (C=O) groups excluding carboxylic acids is 1. The summed E-state index contributed by atoms with van der Waals surface area (Å²) in [5.41, 5.74) is 2.73. The lowest BCUT2D eigenvalue weighted by Gasteiger charge is -2.07. The number of hydrogen-bond acceptors (Lipinski definition) is 3. The molecule has 0 radical (unpaired) electrons. The number of rotatable bonds is 9. The van der Waals surface area contributed by atoms with Crippen molar-refractivity contribution in [1.29, 1.82) is 0 Å². The Hall–Kier alpha value is -2.44. The molecular formula is C20H24N2O3S. The van der Waals surface area contributed by atoms with Gasteiger partial charge in [-0.25, -0.2) is 13.1 Å². The quantitative estimate of drug-likeness (QED) is 0.707. The topological polar surface area (TPSA) is 75.3 Å². The van der Waals surface area contributed by atoms with Crippen LogP contribution in [-0.4, -0.2) is 20.9 Å². The van der Waals surface area contributed by atoms with Gasteiger partial charge in [0.2, 0.25) is 15.9 Å². The van der Waals surface area contributed by atoms with Crippen molar-refractivity contribution in [2.45, 2.75) is 26.2 Å². The molecule has 2 rings (SSSR count). The van der Waals surface area contributed by atoms with Crippen molar-refractivity contribution in [3.63, 3.8) is 0 Å². The summed E-state index contributed by atoms with van der Waals surface area (Å²) in [6, 6.07) is 16.8. The molecule has 0 aliphatic heterocycles. The second-order valence-electron chi connectivity index (χ2n) is 5.90.